The Morgan fingerprint density at radius 1 is 1.25 bits per heavy atom. The molecule has 112 valence electrons. The van der Waals surface area contributed by atoms with Crippen LogP contribution in [0.1, 0.15) is 37.0 Å². The van der Waals surface area contributed by atoms with E-state index < -0.39 is 0 Å². The summed E-state index contributed by atoms with van der Waals surface area (Å²) in [4.78, 5) is 4.92. The van der Waals surface area contributed by atoms with Gasteiger partial charge in [-0.3, -0.25) is 4.90 Å². The van der Waals surface area contributed by atoms with Gasteiger partial charge in [-0.2, -0.15) is 0 Å². The number of likely N-dealkylation sites (N-methyl/N-ethyl adjacent to an activating group) is 1. The van der Waals surface area contributed by atoms with Crippen LogP contribution in [0, 0.1) is 6.92 Å². The van der Waals surface area contributed by atoms with Crippen molar-refractivity contribution in [1.82, 2.24) is 9.80 Å². The Balaban J connectivity index is 1.86. The highest BCUT2D eigenvalue weighted by Crippen LogP contribution is 2.19. The number of rotatable bonds is 4. The largest absolute Gasteiger partial charge is 0.388 e. The minimum Gasteiger partial charge on any atom is -0.388 e. The monoisotopic (exact) mass is 276 g/mol. The molecule has 0 spiro atoms. The summed E-state index contributed by atoms with van der Waals surface area (Å²) in [6, 6.07) is 8.80. The fourth-order valence-electron chi connectivity index (χ4n) is 3.00. The summed E-state index contributed by atoms with van der Waals surface area (Å²) in [6.45, 7) is 8.80. The van der Waals surface area contributed by atoms with Crippen molar-refractivity contribution in [1.29, 1.82) is 0 Å². The Morgan fingerprint density at radius 3 is 2.65 bits per heavy atom. The summed E-state index contributed by atoms with van der Waals surface area (Å²) < 4.78 is 0. The second kappa shape index (κ2) is 7.21. The first kappa shape index (κ1) is 15.5. The summed E-state index contributed by atoms with van der Waals surface area (Å²) in [5.41, 5.74) is 2.28. The van der Waals surface area contributed by atoms with E-state index in [9.17, 15) is 5.11 Å². The van der Waals surface area contributed by atoms with Gasteiger partial charge in [-0.05, 0) is 52.4 Å². The number of aliphatic hydroxyl groups excluding tert-OH is 1. The van der Waals surface area contributed by atoms with Gasteiger partial charge in [-0.15, -0.1) is 0 Å². The van der Waals surface area contributed by atoms with Crippen molar-refractivity contribution >= 4 is 0 Å². The molecule has 3 nitrogen and oxygen atoms in total. The number of hydrogen-bond donors (Lipinski definition) is 1. The molecular weight excluding hydrogens is 248 g/mol. The molecule has 0 aromatic heterocycles. The van der Waals surface area contributed by atoms with Crippen LogP contribution in [0.4, 0.5) is 0 Å². The van der Waals surface area contributed by atoms with E-state index in [-0.39, 0.29) is 6.10 Å². The van der Waals surface area contributed by atoms with Crippen LogP contribution in [0.3, 0.4) is 0 Å². The number of aryl methyl sites for hydroxylation is 1. The van der Waals surface area contributed by atoms with Gasteiger partial charge >= 0.3 is 0 Å². The summed E-state index contributed by atoms with van der Waals surface area (Å²) in [5, 5.41) is 10.3. The standard InChI is InChI=1S/C17H28N2O/c1-14-5-7-16(8-6-14)17(20)9-12-19-11-4-10-18(3)13-15(19)2/h5-8,15,17,20H,4,9-13H2,1-3H3. The minimum atomic E-state index is -0.344. The molecule has 1 aromatic carbocycles. The van der Waals surface area contributed by atoms with Crippen LogP contribution in [0.5, 0.6) is 0 Å². The first-order valence-corrected chi connectivity index (χ1v) is 7.73. The first-order chi connectivity index (χ1) is 9.56. The minimum absolute atomic E-state index is 0.344. The second-order valence-electron chi connectivity index (χ2n) is 6.22. The Bertz CT molecular complexity index is 404. The third-order valence-electron chi connectivity index (χ3n) is 4.34. The predicted octanol–water partition coefficient (Wildman–Crippen LogP) is 2.44. The van der Waals surface area contributed by atoms with Gasteiger partial charge < -0.3 is 10.0 Å². The van der Waals surface area contributed by atoms with Crippen LogP contribution in [-0.4, -0.2) is 54.2 Å². The van der Waals surface area contributed by atoms with Gasteiger partial charge in [0.25, 0.3) is 0 Å². The molecule has 3 heteroatoms. The van der Waals surface area contributed by atoms with E-state index >= 15 is 0 Å². The van der Waals surface area contributed by atoms with Crippen LogP contribution >= 0.6 is 0 Å². The maximum Gasteiger partial charge on any atom is 0.0802 e. The van der Waals surface area contributed by atoms with E-state index in [4.69, 9.17) is 0 Å². The normalized spacial score (nSPS) is 23.5. The smallest absolute Gasteiger partial charge is 0.0802 e. The Labute approximate surface area is 123 Å². The van der Waals surface area contributed by atoms with E-state index in [1.807, 2.05) is 12.1 Å². The Kier molecular flexibility index (Phi) is 5.58. The van der Waals surface area contributed by atoms with Gasteiger partial charge in [0.2, 0.25) is 0 Å². The van der Waals surface area contributed by atoms with Crippen molar-refractivity contribution in [2.24, 2.45) is 0 Å². The number of benzene rings is 1. The predicted molar refractivity (Wildman–Crippen MR) is 83.9 cm³/mol. The molecule has 0 radical (unpaired) electrons. The van der Waals surface area contributed by atoms with Crippen LogP contribution in [0.25, 0.3) is 0 Å². The van der Waals surface area contributed by atoms with Gasteiger partial charge in [0.05, 0.1) is 6.10 Å². The van der Waals surface area contributed by atoms with Gasteiger partial charge in [0.1, 0.15) is 0 Å². The number of nitrogens with zero attached hydrogens (tertiary/aromatic N) is 2. The third-order valence-corrected chi connectivity index (χ3v) is 4.34. The summed E-state index contributed by atoms with van der Waals surface area (Å²) in [5.74, 6) is 0. The molecule has 2 atom stereocenters. The molecule has 1 saturated heterocycles. The lowest BCUT2D eigenvalue weighted by molar-refractivity contribution is 0.127. The van der Waals surface area contributed by atoms with Crippen LogP contribution < -0.4 is 0 Å². The zero-order chi connectivity index (χ0) is 14.5. The number of hydrogen-bond acceptors (Lipinski definition) is 3. The lowest BCUT2D eigenvalue weighted by Gasteiger charge is -2.28. The van der Waals surface area contributed by atoms with Crippen LogP contribution in [0.2, 0.25) is 0 Å². The molecule has 20 heavy (non-hydrogen) atoms. The molecular formula is C17H28N2O. The average molecular weight is 276 g/mol. The van der Waals surface area contributed by atoms with Crippen molar-refractivity contribution in [2.45, 2.75) is 38.8 Å². The van der Waals surface area contributed by atoms with Crippen LogP contribution in [0.15, 0.2) is 24.3 Å². The molecule has 0 bridgehead atoms. The lowest BCUT2D eigenvalue weighted by Crippen LogP contribution is -2.38. The highest BCUT2D eigenvalue weighted by Gasteiger charge is 2.20. The molecule has 1 aliphatic heterocycles. The molecule has 1 heterocycles. The zero-order valence-corrected chi connectivity index (χ0v) is 13.0. The number of aliphatic hydroxyl groups is 1. The second-order valence-corrected chi connectivity index (χ2v) is 6.22. The maximum atomic E-state index is 10.3. The van der Waals surface area contributed by atoms with Crippen molar-refractivity contribution in [2.75, 3.05) is 33.2 Å². The summed E-state index contributed by atoms with van der Waals surface area (Å²) in [7, 11) is 2.20. The van der Waals surface area contributed by atoms with Crippen molar-refractivity contribution in [3.05, 3.63) is 35.4 Å². The Hall–Kier alpha value is -0.900. The highest BCUT2D eigenvalue weighted by atomic mass is 16.3. The summed E-state index contributed by atoms with van der Waals surface area (Å²) in [6.07, 6.45) is 1.70. The van der Waals surface area contributed by atoms with Gasteiger partial charge in [-0.25, -0.2) is 0 Å². The fourth-order valence-corrected chi connectivity index (χ4v) is 3.00. The van der Waals surface area contributed by atoms with E-state index in [1.54, 1.807) is 0 Å². The highest BCUT2D eigenvalue weighted by molar-refractivity contribution is 5.23. The Morgan fingerprint density at radius 2 is 1.95 bits per heavy atom. The molecule has 2 unspecified atom stereocenters. The third kappa shape index (κ3) is 4.30. The van der Waals surface area contributed by atoms with E-state index in [2.05, 4.69) is 42.8 Å². The van der Waals surface area contributed by atoms with E-state index in [1.165, 1.54) is 18.5 Å². The first-order valence-electron chi connectivity index (χ1n) is 7.73. The van der Waals surface area contributed by atoms with E-state index in [0.29, 0.717) is 6.04 Å². The zero-order valence-electron chi connectivity index (χ0n) is 13.0. The molecule has 1 aromatic rings. The van der Waals surface area contributed by atoms with Gasteiger partial charge in [-0.1, -0.05) is 29.8 Å². The van der Waals surface area contributed by atoms with Gasteiger partial charge in [0, 0.05) is 19.1 Å². The molecule has 1 N–H and O–H groups in total. The fraction of sp³-hybridized carbons (Fsp3) is 0.647. The molecule has 1 fully saturated rings. The SMILES string of the molecule is Cc1ccc(C(O)CCN2CCCN(C)CC2C)cc1. The van der Waals surface area contributed by atoms with Gasteiger partial charge in [0.15, 0.2) is 0 Å². The topological polar surface area (TPSA) is 26.7 Å². The lowest BCUT2D eigenvalue weighted by atomic mass is 10.0. The van der Waals surface area contributed by atoms with Crippen LogP contribution in [-0.2, 0) is 0 Å². The van der Waals surface area contributed by atoms with Crippen molar-refractivity contribution in [3.63, 3.8) is 0 Å². The van der Waals surface area contributed by atoms with E-state index in [0.717, 1.165) is 31.6 Å². The summed E-state index contributed by atoms with van der Waals surface area (Å²) >= 11 is 0. The average Bonchev–Trinajstić information content (AvgIpc) is 2.57. The maximum absolute atomic E-state index is 10.3. The van der Waals surface area contributed by atoms with Crippen molar-refractivity contribution < 1.29 is 5.11 Å². The van der Waals surface area contributed by atoms with Crippen molar-refractivity contribution in [3.8, 4) is 0 Å². The molecule has 0 saturated carbocycles. The molecule has 0 amide bonds. The molecule has 1 aliphatic rings. The molecule has 2 rings (SSSR count). The molecule has 0 aliphatic carbocycles. The quantitative estimate of drug-likeness (QED) is 0.915.